The fourth-order valence-corrected chi connectivity index (χ4v) is 5.24. The Labute approximate surface area is 119 Å². The quantitative estimate of drug-likeness (QED) is 0.727. The molecule has 110 valence electrons. The van der Waals surface area contributed by atoms with E-state index in [9.17, 15) is 9.59 Å². The average molecular weight is 278 g/mol. The molecular weight excluding hydrogens is 256 g/mol. The van der Waals surface area contributed by atoms with Crippen LogP contribution in [0.2, 0.25) is 0 Å². The second-order valence-electron chi connectivity index (χ2n) is 7.45. The molecule has 0 spiro atoms. The lowest BCUT2D eigenvalue weighted by molar-refractivity contribution is -0.168. The molecule has 3 saturated carbocycles. The zero-order valence-corrected chi connectivity index (χ0v) is 12.1. The molecule has 0 aromatic carbocycles. The molecule has 4 nitrogen and oxygen atoms in total. The first-order chi connectivity index (χ1) is 9.50. The molecule has 3 aliphatic carbocycles. The van der Waals surface area contributed by atoms with Crippen molar-refractivity contribution in [1.82, 2.24) is 0 Å². The summed E-state index contributed by atoms with van der Waals surface area (Å²) in [5.41, 5.74) is -0.302. The molecule has 4 heteroatoms. The second kappa shape index (κ2) is 3.99. The molecule has 4 aliphatic rings. The van der Waals surface area contributed by atoms with Crippen LogP contribution in [-0.2, 0) is 19.1 Å². The van der Waals surface area contributed by atoms with Gasteiger partial charge in [-0.05, 0) is 50.9 Å². The number of carbonyl (C=O) groups is 2. The van der Waals surface area contributed by atoms with Gasteiger partial charge in [0.25, 0.3) is 0 Å². The lowest BCUT2D eigenvalue weighted by Crippen LogP contribution is -2.40. The predicted octanol–water partition coefficient (Wildman–Crippen LogP) is 2.31. The Morgan fingerprint density at radius 2 is 2.00 bits per heavy atom. The lowest BCUT2D eigenvalue weighted by Gasteiger charge is -2.32. The Morgan fingerprint density at radius 3 is 2.70 bits per heavy atom. The fraction of sp³-hybridized carbons (Fsp3) is 0.875. The molecule has 2 bridgehead atoms. The van der Waals surface area contributed by atoms with Crippen LogP contribution in [0, 0.1) is 29.6 Å². The van der Waals surface area contributed by atoms with Gasteiger partial charge in [0.15, 0.2) is 0 Å². The van der Waals surface area contributed by atoms with Crippen LogP contribution in [0.5, 0.6) is 0 Å². The predicted molar refractivity (Wildman–Crippen MR) is 70.6 cm³/mol. The lowest BCUT2D eigenvalue weighted by atomic mass is 9.75. The Bertz CT molecular complexity index is 465. The SMILES string of the molecule is C[C@@H]1C2CC3C(C(=O)OC31)C2C(=O)OC1(C)CCCC1. The summed E-state index contributed by atoms with van der Waals surface area (Å²) >= 11 is 0. The van der Waals surface area contributed by atoms with Crippen molar-refractivity contribution >= 4 is 11.9 Å². The summed E-state index contributed by atoms with van der Waals surface area (Å²) in [6, 6.07) is 0. The number of carbonyl (C=O) groups excluding carboxylic acids is 2. The molecule has 6 atom stereocenters. The van der Waals surface area contributed by atoms with Gasteiger partial charge in [0.2, 0.25) is 0 Å². The van der Waals surface area contributed by atoms with Crippen molar-refractivity contribution in [3.63, 3.8) is 0 Å². The Hall–Kier alpha value is -1.06. The number of hydrogen-bond acceptors (Lipinski definition) is 4. The molecule has 5 unspecified atom stereocenters. The van der Waals surface area contributed by atoms with Crippen LogP contribution in [0.15, 0.2) is 0 Å². The van der Waals surface area contributed by atoms with Crippen LogP contribution in [0.3, 0.4) is 0 Å². The van der Waals surface area contributed by atoms with Gasteiger partial charge in [-0.2, -0.15) is 0 Å². The average Bonchev–Trinajstić information content (AvgIpc) is 3.07. The molecule has 0 aromatic rings. The highest BCUT2D eigenvalue weighted by atomic mass is 16.6. The van der Waals surface area contributed by atoms with Gasteiger partial charge in [-0.15, -0.1) is 0 Å². The summed E-state index contributed by atoms with van der Waals surface area (Å²) < 4.78 is 11.3. The van der Waals surface area contributed by atoms with Crippen LogP contribution in [0.1, 0.15) is 46.0 Å². The summed E-state index contributed by atoms with van der Waals surface area (Å²) in [5.74, 6) is 0.0609. The third-order valence-electron chi connectivity index (χ3n) is 6.27. The van der Waals surface area contributed by atoms with Gasteiger partial charge >= 0.3 is 11.9 Å². The summed E-state index contributed by atoms with van der Waals surface area (Å²) in [6.45, 7) is 4.14. The van der Waals surface area contributed by atoms with E-state index in [1.165, 1.54) is 0 Å². The molecule has 4 rings (SSSR count). The summed E-state index contributed by atoms with van der Waals surface area (Å²) in [7, 11) is 0. The number of ether oxygens (including phenoxy) is 2. The van der Waals surface area contributed by atoms with E-state index in [1.54, 1.807) is 0 Å². The van der Waals surface area contributed by atoms with E-state index < -0.39 is 0 Å². The second-order valence-corrected chi connectivity index (χ2v) is 7.45. The number of rotatable bonds is 2. The standard InChI is InChI=1S/C16H22O4/c1-8-9-7-10-12(14(17)19-13(8)10)11(9)15(18)20-16(2)5-3-4-6-16/h8-13H,3-7H2,1-2H3/t8-,9?,10?,11?,12?,13?/m1/s1. The Morgan fingerprint density at radius 1 is 1.30 bits per heavy atom. The largest absolute Gasteiger partial charge is 0.462 e. The third-order valence-corrected chi connectivity index (χ3v) is 6.27. The first-order valence-corrected chi connectivity index (χ1v) is 7.93. The number of esters is 2. The van der Waals surface area contributed by atoms with Gasteiger partial charge in [-0.3, -0.25) is 9.59 Å². The Balaban J connectivity index is 1.56. The molecule has 1 aliphatic heterocycles. The number of hydrogen-bond donors (Lipinski definition) is 0. The van der Waals surface area contributed by atoms with E-state index >= 15 is 0 Å². The van der Waals surface area contributed by atoms with Crippen molar-refractivity contribution < 1.29 is 19.1 Å². The highest BCUT2D eigenvalue weighted by molar-refractivity contribution is 5.86. The molecule has 1 saturated heterocycles. The summed E-state index contributed by atoms with van der Waals surface area (Å²) in [5, 5.41) is 0. The topological polar surface area (TPSA) is 52.6 Å². The van der Waals surface area contributed by atoms with Crippen LogP contribution in [0.25, 0.3) is 0 Å². The Kier molecular flexibility index (Phi) is 2.52. The maximum atomic E-state index is 12.6. The molecule has 0 amide bonds. The highest BCUT2D eigenvalue weighted by Gasteiger charge is 2.67. The molecule has 0 N–H and O–H groups in total. The highest BCUT2D eigenvalue weighted by Crippen LogP contribution is 2.60. The van der Waals surface area contributed by atoms with E-state index in [-0.39, 0.29) is 47.3 Å². The molecular formula is C16H22O4. The first-order valence-electron chi connectivity index (χ1n) is 7.93. The van der Waals surface area contributed by atoms with E-state index in [0.29, 0.717) is 5.92 Å². The van der Waals surface area contributed by atoms with Gasteiger partial charge in [0.1, 0.15) is 11.7 Å². The van der Waals surface area contributed by atoms with Crippen LogP contribution in [-0.4, -0.2) is 23.6 Å². The van der Waals surface area contributed by atoms with Crippen molar-refractivity contribution in [2.45, 2.75) is 57.7 Å². The first kappa shape index (κ1) is 12.7. The van der Waals surface area contributed by atoms with Gasteiger partial charge in [-0.1, -0.05) is 6.92 Å². The normalized spacial score (nSPS) is 47.6. The van der Waals surface area contributed by atoms with Crippen LogP contribution < -0.4 is 0 Å². The molecule has 0 aromatic heterocycles. The fourth-order valence-electron chi connectivity index (χ4n) is 5.24. The van der Waals surface area contributed by atoms with E-state index in [0.717, 1.165) is 32.1 Å². The monoisotopic (exact) mass is 278 g/mol. The summed E-state index contributed by atoms with van der Waals surface area (Å²) in [4.78, 5) is 24.7. The van der Waals surface area contributed by atoms with Gasteiger partial charge in [0.05, 0.1) is 11.8 Å². The van der Waals surface area contributed by atoms with E-state index in [1.807, 2.05) is 6.92 Å². The molecule has 0 radical (unpaired) electrons. The smallest absolute Gasteiger partial charge is 0.310 e. The molecule has 4 fully saturated rings. The van der Waals surface area contributed by atoms with Crippen molar-refractivity contribution in [3.05, 3.63) is 0 Å². The van der Waals surface area contributed by atoms with Crippen LogP contribution >= 0.6 is 0 Å². The van der Waals surface area contributed by atoms with Crippen molar-refractivity contribution in [3.8, 4) is 0 Å². The molecule has 20 heavy (non-hydrogen) atoms. The minimum absolute atomic E-state index is 0.0589. The van der Waals surface area contributed by atoms with E-state index in [2.05, 4.69) is 6.92 Å². The van der Waals surface area contributed by atoms with Crippen molar-refractivity contribution in [2.75, 3.05) is 0 Å². The molecule has 1 heterocycles. The van der Waals surface area contributed by atoms with E-state index in [4.69, 9.17) is 9.47 Å². The van der Waals surface area contributed by atoms with Crippen molar-refractivity contribution in [2.24, 2.45) is 29.6 Å². The zero-order valence-electron chi connectivity index (χ0n) is 12.1. The third kappa shape index (κ3) is 1.54. The zero-order chi connectivity index (χ0) is 14.1. The minimum Gasteiger partial charge on any atom is -0.462 e. The van der Waals surface area contributed by atoms with Crippen LogP contribution in [0.4, 0.5) is 0 Å². The van der Waals surface area contributed by atoms with Gasteiger partial charge in [-0.25, -0.2) is 0 Å². The van der Waals surface area contributed by atoms with Gasteiger partial charge in [0, 0.05) is 5.92 Å². The number of fused-ring (bicyclic) bond motifs is 1. The maximum absolute atomic E-state index is 12.6. The summed E-state index contributed by atoms with van der Waals surface area (Å²) in [6.07, 6.45) is 5.18. The maximum Gasteiger partial charge on any atom is 0.310 e. The van der Waals surface area contributed by atoms with Crippen molar-refractivity contribution in [1.29, 1.82) is 0 Å². The van der Waals surface area contributed by atoms with Gasteiger partial charge < -0.3 is 9.47 Å². The minimum atomic E-state index is -0.302.